The Hall–Kier alpha value is -1.07. The van der Waals surface area contributed by atoms with E-state index in [1.165, 1.54) is 6.07 Å². The number of rotatable bonds is 7. The Kier molecular flexibility index (Phi) is 6.00. The highest BCUT2D eigenvalue weighted by molar-refractivity contribution is 7.98. The van der Waals surface area contributed by atoms with Crippen molar-refractivity contribution in [1.29, 1.82) is 0 Å². The zero-order valence-electron chi connectivity index (χ0n) is 10.2. The quantitative estimate of drug-likeness (QED) is 0.600. The van der Waals surface area contributed by atoms with Crippen LogP contribution in [0.3, 0.4) is 0 Å². The third kappa shape index (κ3) is 5.19. The molecule has 0 amide bonds. The summed E-state index contributed by atoms with van der Waals surface area (Å²) in [6, 6.07) is 6.76. The van der Waals surface area contributed by atoms with Crippen LogP contribution in [-0.4, -0.2) is 23.5 Å². The first-order valence-corrected chi connectivity index (χ1v) is 6.96. The predicted molar refractivity (Wildman–Crippen MR) is 72.3 cm³/mol. The maximum atomic E-state index is 10.6. The van der Waals surface area contributed by atoms with Gasteiger partial charge in [-0.05, 0) is 30.0 Å². The normalized spacial score (nSPS) is 12.4. The van der Waals surface area contributed by atoms with Crippen molar-refractivity contribution < 1.29 is 4.92 Å². The van der Waals surface area contributed by atoms with Gasteiger partial charge in [-0.2, -0.15) is 11.8 Å². The van der Waals surface area contributed by atoms with Gasteiger partial charge in [0.05, 0.1) is 4.92 Å². The molecule has 0 bridgehead atoms. The fourth-order valence-electron chi connectivity index (χ4n) is 1.59. The Morgan fingerprint density at radius 3 is 2.94 bits per heavy atom. The van der Waals surface area contributed by atoms with E-state index in [0.29, 0.717) is 12.5 Å². The molecule has 1 unspecified atom stereocenters. The van der Waals surface area contributed by atoms with E-state index in [-0.39, 0.29) is 10.6 Å². The van der Waals surface area contributed by atoms with Gasteiger partial charge in [-0.3, -0.25) is 10.1 Å². The average molecular weight is 254 g/mol. The number of nitrogens with zero attached hydrogens (tertiary/aromatic N) is 1. The Morgan fingerprint density at radius 2 is 2.29 bits per heavy atom. The summed E-state index contributed by atoms with van der Waals surface area (Å²) in [7, 11) is 0. The Morgan fingerprint density at radius 1 is 1.53 bits per heavy atom. The van der Waals surface area contributed by atoms with Crippen LogP contribution in [0.15, 0.2) is 24.3 Å². The van der Waals surface area contributed by atoms with E-state index in [1.807, 2.05) is 17.8 Å². The minimum absolute atomic E-state index is 0.154. The minimum Gasteiger partial charge on any atom is -0.312 e. The summed E-state index contributed by atoms with van der Waals surface area (Å²) in [5.74, 6) is 1.74. The van der Waals surface area contributed by atoms with Crippen molar-refractivity contribution in [2.75, 3.05) is 18.6 Å². The molecule has 5 heteroatoms. The molecule has 1 N–H and O–H groups in total. The van der Waals surface area contributed by atoms with Crippen LogP contribution in [0.25, 0.3) is 0 Å². The zero-order chi connectivity index (χ0) is 12.7. The van der Waals surface area contributed by atoms with Crippen LogP contribution in [0.5, 0.6) is 0 Å². The Bertz CT molecular complexity index is 371. The number of nitrogens with one attached hydrogen (secondary N) is 1. The molecule has 0 saturated heterocycles. The second-order valence-corrected chi connectivity index (χ2v) is 5.03. The van der Waals surface area contributed by atoms with Crippen LogP contribution in [0, 0.1) is 16.0 Å². The first kappa shape index (κ1) is 14.0. The van der Waals surface area contributed by atoms with Crippen LogP contribution in [0.2, 0.25) is 0 Å². The average Bonchev–Trinajstić information content (AvgIpc) is 2.30. The Balaban J connectivity index is 2.41. The van der Waals surface area contributed by atoms with E-state index in [1.54, 1.807) is 12.1 Å². The number of benzene rings is 1. The third-order valence-electron chi connectivity index (χ3n) is 2.39. The van der Waals surface area contributed by atoms with E-state index < -0.39 is 0 Å². The number of nitro benzene ring substituents is 1. The molecule has 0 aliphatic carbocycles. The highest BCUT2D eigenvalue weighted by atomic mass is 32.2. The van der Waals surface area contributed by atoms with Gasteiger partial charge in [0.15, 0.2) is 0 Å². The molecule has 17 heavy (non-hydrogen) atoms. The highest BCUT2D eigenvalue weighted by Gasteiger charge is 2.05. The van der Waals surface area contributed by atoms with Crippen molar-refractivity contribution in [3.05, 3.63) is 39.9 Å². The lowest BCUT2D eigenvalue weighted by Gasteiger charge is -2.10. The van der Waals surface area contributed by atoms with Crippen molar-refractivity contribution in [3.63, 3.8) is 0 Å². The van der Waals surface area contributed by atoms with E-state index in [0.717, 1.165) is 17.9 Å². The molecule has 0 spiro atoms. The molecule has 1 rings (SSSR count). The summed E-state index contributed by atoms with van der Waals surface area (Å²) in [6.45, 7) is 3.81. The molecular formula is C12H18N2O2S. The molecule has 0 fully saturated rings. The van der Waals surface area contributed by atoms with Gasteiger partial charge in [-0.25, -0.2) is 0 Å². The number of nitro groups is 1. The molecule has 1 atom stereocenters. The number of hydrogen-bond donors (Lipinski definition) is 1. The topological polar surface area (TPSA) is 55.2 Å². The predicted octanol–water partition coefficient (Wildman–Crippen LogP) is 2.68. The van der Waals surface area contributed by atoms with E-state index in [4.69, 9.17) is 0 Å². The lowest BCUT2D eigenvalue weighted by Crippen LogP contribution is -2.22. The summed E-state index contributed by atoms with van der Waals surface area (Å²) >= 11 is 1.83. The monoisotopic (exact) mass is 254 g/mol. The first-order chi connectivity index (χ1) is 8.13. The van der Waals surface area contributed by atoms with Gasteiger partial charge in [0.25, 0.3) is 5.69 Å². The van der Waals surface area contributed by atoms with Gasteiger partial charge in [-0.15, -0.1) is 0 Å². The summed E-state index contributed by atoms with van der Waals surface area (Å²) in [4.78, 5) is 10.2. The molecule has 94 valence electrons. The van der Waals surface area contributed by atoms with Gasteiger partial charge in [0, 0.05) is 18.7 Å². The van der Waals surface area contributed by atoms with Gasteiger partial charge in [0.2, 0.25) is 0 Å². The molecule has 0 aliphatic heterocycles. The molecule has 0 radical (unpaired) electrons. The summed E-state index contributed by atoms with van der Waals surface area (Å²) in [6.07, 6.45) is 2.09. The van der Waals surface area contributed by atoms with Gasteiger partial charge in [-0.1, -0.05) is 19.1 Å². The minimum atomic E-state index is -0.361. The summed E-state index contributed by atoms with van der Waals surface area (Å²) in [5.41, 5.74) is 1.11. The van der Waals surface area contributed by atoms with Gasteiger partial charge >= 0.3 is 0 Å². The third-order valence-corrected chi connectivity index (χ3v) is 3.30. The standard InChI is InChI=1S/C12H18N2O2S/c1-10(9-17-2)7-13-8-11-4-3-5-12(6-11)14(15)16/h3-6,10,13H,7-9H2,1-2H3. The van der Waals surface area contributed by atoms with Crippen LogP contribution >= 0.6 is 11.8 Å². The van der Waals surface area contributed by atoms with Crippen molar-refractivity contribution in [2.45, 2.75) is 13.5 Å². The van der Waals surface area contributed by atoms with E-state index in [9.17, 15) is 10.1 Å². The fourth-order valence-corrected chi connectivity index (χ4v) is 2.27. The fraction of sp³-hybridized carbons (Fsp3) is 0.500. The molecule has 0 saturated carbocycles. The SMILES string of the molecule is CSCC(C)CNCc1cccc([N+](=O)[O-])c1. The maximum Gasteiger partial charge on any atom is 0.269 e. The molecule has 1 aromatic rings. The van der Waals surface area contributed by atoms with Crippen LogP contribution in [0.1, 0.15) is 12.5 Å². The number of thioether (sulfide) groups is 1. The second-order valence-electron chi connectivity index (χ2n) is 4.12. The molecule has 0 heterocycles. The molecule has 0 aromatic heterocycles. The van der Waals surface area contributed by atoms with Crippen LogP contribution in [0.4, 0.5) is 5.69 Å². The van der Waals surface area contributed by atoms with Gasteiger partial charge < -0.3 is 5.32 Å². The molecule has 4 nitrogen and oxygen atoms in total. The van der Waals surface area contributed by atoms with Crippen molar-refractivity contribution in [2.24, 2.45) is 5.92 Å². The molecule has 0 aliphatic rings. The summed E-state index contributed by atoms with van der Waals surface area (Å²) < 4.78 is 0. The first-order valence-electron chi connectivity index (χ1n) is 5.56. The van der Waals surface area contributed by atoms with E-state index >= 15 is 0 Å². The number of hydrogen-bond acceptors (Lipinski definition) is 4. The maximum absolute atomic E-state index is 10.6. The van der Waals surface area contributed by atoms with Crippen molar-refractivity contribution in [3.8, 4) is 0 Å². The molecular weight excluding hydrogens is 236 g/mol. The lowest BCUT2D eigenvalue weighted by atomic mass is 10.2. The smallest absolute Gasteiger partial charge is 0.269 e. The van der Waals surface area contributed by atoms with Gasteiger partial charge in [0.1, 0.15) is 0 Å². The Labute approximate surface area is 106 Å². The summed E-state index contributed by atoms with van der Waals surface area (Å²) in [5, 5.41) is 13.9. The highest BCUT2D eigenvalue weighted by Crippen LogP contribution is 2.13. The van der Waals surface area contributed by atoms with Crippen molar-refractivity contribution in [1.82, 2.24) is 5.32 Å². The van der Waals surface area contributed by atoms with E-state index in [2.05, 4.69) is 18.5 Å². The van der Waals surface area contributed by atoms with Crippen LogP contribution in [-0.2, 0) is 6.54 Å². The van der Waals surface area contributed by atoms with Crippen LogP contribution < -0.4 is 5.32 Å². The lowest BCUT2D eigenvalue weighted by molar-refractivity contribution is -0.384. The van der Waals surface area contributed by atoms with Crippen molar-refractivity contribution >= 4 is 17.4 Å². The number of non-ortho nitro benzene ring substituents is 1. The second kappa shape index (κ2) is 7.29. The molecule has 1 aromatic carbocycles. The largest absolute Gasteiger partial charge is 0.312 e. The zero-order valence-corrected chi connectivity index (χ0v) is 11.0.